The van der Waals surface area contributed by atoms with E-state index in [1.807, 2.05) is 37.3 Å². The van der Waals surface area contributed by atoms with E-state index in [1.165, 1.54) is 0 Å². The highest BCUT2D eigenvalue weighted by atomic mass is 35.5. The van der Waals surface area contributed by atoms with Gasteiger partial charge in [-0.3, -0.25) is 4.79 Å². The fourth-order valence-electron chi connectivity index (χ4n) is 2.47. The fraction of sp³-hybridized carbons (Fsp3) is 0.222. The van der Waals surface area contributed by atoms with Gasteiger partial charge >= 0.3 is 5.97 Å². The lowest BCUT2D eigenvalue weighted by Crippen LogP contribution is -2.03. The van der Waals surface area contributed by atoms with Crippen molar-refractivity contribution in [2.75, 3.05) is 0 Å². The molecule has 24 heavy (non-hydrogen) atoms. The standard InChI is InChI=1S/C18H16ClNO4/c1-11(12-5-3-2-4-6-12)23-17-10-16-13(9-14(17)19)15(20-24-16)7-8-18(21)22/h2-6,9-11H,7-8H2,1H3,(H,21,22)/t11-/m1/s1. The number of hydrogen-bond donors (Lipinski definition) is 1. The average molecular weight is 346 g/mol. The Hall–Kier alpha value is -2.53. The van der Waals surface area contributed by atoms with E-state index in [2.05, 4.69) is 5.16 Å². The molecule has 0 bridgehead atoms. The van der Waals surface area contributed by atoms with E-state index in [0.717, 1.165) is 5.56 Å². The van der Waals surface area contributed by atoms with Gasteiger partial charge in [0.1, 0.15) is 11.9 Å². The number of halogens is 1. The number of aromatic nitrogens is 1. The molecular formula is C18H16ClNO4. The summed E-state index contributed by atoms with van der Waals surface area (Å²) < 4.78 is 11.2. The van der Waals surface area contributed by atoms with Crippen LogP contribution in [0.15, 0.2) is 47.0 Å². The number of carboxylic acids is 1. The zero-order valence-electron chi connectivity index (χ0n) is 13.0. The Morgan fingerprint density at radius 3 is 2.79 bits per heavy atom. The summed E-state index contributed by atoms with van der Waals surface area (Å²) in [5, 5.41) is 13.9. The van der Waals surface area contributed by atoms with Crippen LogP contribution in [-0.4, -0.2) is 16.2 Å². The van der Waals surface area contributed by atoms with Crippen molar-refractivity contribution in [1.82, 2.24) is 5.16 Å². The van der Waals surface area contributed by atoms with E-state index >= 15 is 0 Å². The van der Waals surface area contributed by atoms with E-state index < -0.39 is 5.97 Å². The third kappa shape index (κ3) is 3.51. The number of rotatable bonds is 6. The van der Waals surface area contributed by atoms with Crippen molar-refractivity contribution in [3.05, 3.63) is 58.7 Å². The Morgan fingerprint density at radius 1 is 1.33 bits per heavy atom. The van der Waals surface area contributed by atoms with Crippen molar-refractivity contribution in [2.45, 2.75) is 25.9 Å². The van der Waals surface area contributed by atoms with Gasteiger partial charge < -0.3 is 14.4 Å². The summed E-state index contributed by atoms with van der Waals surface area (Å²) >= 11 is 6.32. The summed E-state index contributed by atoms with van der Waals surface area (Å²) in [6, 6.07) is 13.2. The first-order valence-electron chi connectivity index (χ1n) is 7.56. The molecular weight excluding hydrogens is 330 g/mol. The van der Waals surface area contributed by atoms with Crippen LogP contribution in [-0.2, 0) is 11.2 Å². The zero-order chi connectivity index (χ0) is 17.1. The maximum Gasteiger partial charge on any atom is 0.303 e. The molecule has 0 saturated carbocycles. The number of aliphatic carboxylic acids is 1. The largest absolute Gasteiger partial charge is 0.484 e. The summed E-state index contributed by atoms with van der Waals surface area (Å²) in [4.78, 5) is 10.7. The highest BCUT2D eigenvalue weighted by Gasteiger charge is 2.16. The molecule has 3 rings (SSSR count). The number of fused-ring (bicyclic) bond motifs is 1. The first-order valence-corrected chi connectivity index (χ1v) is 7.93. The fourth-order valence-corrected chi connectivity index (χ4v) is 2.68. The molecule has 0 aliphatic carbocycles. The first kappa shape index (κ1) is 16.3. The normalized spacial score (nSPS) is 12.2. The highest BCUT2D eigenvalue weighted by molar-refractivity contribution is 6.32. The molecule has 1 heterocycles. The number of carbonyl (C=O) groups is 1. The molecule has 0 amide bonds. The Bertz CT molecular complexity index is 860. The van der Waals surface area contributed by atoms with E-state index in [9.17, 15) is 4.79 Å². The third-order valence-corrected chi connectivity index (χ3v) is 4.04. The van der Waals surface area contributed by atoms with Gasteiger partial charge in [-0.05, 0) is 18.6 Å². The molecule has 3 aromatic rings. The lowest BCUT2D eigenvalue weighted by Gasteiger charge is -2.16. The van der Waals surface area contributed by atoms with Crippen molar-refractivity contribution in [3.8, 4) is 5.75 Å². The Morgan fingerprint density at radius 2 is 2.08 bits per heavy atom. The zero-order valence-corrected chi connectivity index (χ0v) is 13.8. The molecule has 0 unspecified atom stereocenters. The molecule has 6 heteroatoms. The lowest BCUT2D eigenvalue weighted by atomic mass is 10.1. The molecule has 1 aromatic heterocycles. The maximum atomic E-state index is 10.7. The SMILES string of the molecule is C[C@@H](Oc1cc2onc(CCC(=O)O)c2cc1Cl)c1ccccc1. The number of carboxylic acid groups (broad SMARTS) is 1. The quantitative estimate of drug-likeness (QED) is 0.704. The van der Waals surface area contributed by atoms with Gasteiger partial charge in [0.15, 0.2) is 5.58 Å². The smallest absolute Gasteiger partial charge is 0.303 e. The minimum absolute atomic E-state index is 0.0114. The molecule has 0 aliphatic rings. The summed E-state index contributed by atoms with van der Waals surface area (Å²) in [5.41, 5.74) is 2.14. The van der Waals surface area contributed by atoms with Crippen LogP contribution in [0, 0.1) is 0 Å². The molecule has 0 saturated heterocycles. The first-order chi connectivity index (χ1) is 11.5. The van der Waals surface area contributed by atoms with Gasteiger partial charge in [-0.15, -0.1) is 0 Å². The highest BCUT2D eigenvalue weighted by Crippen LogP contribution is 2.34. The summed E-state index contributed by atoms with van der Waals surface area (Å²) in [7, 11) is 0. The predicted octanol–water partition coefficient (Wildman–Crippen LogP) is 4.64. The van der Waals surface area contributed by atoms with Crippen molar-refractivity contribution in [2.24, 2.45) is 0 Å². The summed E-state index contributed by atoms with van der Waals surface area (Å²) in [6.07, 6.45) is 0.109. The summed E-state index contributed by atoms with van der Waals surface area (Å²) in [6.45, 7) is 1.94. The minimum Gasteiger partial charge on any atom is -0.484 e. The van der Waals surface area contributed by atoms with Crippen LogP contribution in [0.1, 0.15) is 30.7 Å². The maximum absolute atomic E-state index is 10.7. The average Bonchev–Trinajstić information content (AvgIpc) is 2.96. The predicted molar refractivity (Wildman–Crippen MR) is 90.5 cm³/mol. The number of ether oxygens (including phenoxy) is 1. The third-order valence-electron chi connectivity index (χ3n) is 3.75. The molecule has 0 fully saturated rings. The number of benzene rings is 2. The molecule has 0 spiro atoms. The number of aryl methyl sites for hydroxylation is 1. The van der Waals surface area contributed by atoms with Crippen molar-refractivity contribution in [1.29, 1.82) is 0 Å². The van der Waals surface area contributed by atoms with Crippen molar-refractivity contribution < 1.29 is 19.2 Å². The molecule has 0 aliphatic heterocycles. The van der Waals surface area contributed by atoms with Gasteiger partial charge in [-0.1, -0.05) is 47.1 Å². The van der Waals surface area contributed by atoms with Crippen LogP contribution < -0.4 is 4.74 Å². The monoisotopic (exact) mass is 345 g/mol. The van der Waals surface area contributed by atoms with Gasteiger partial charge in [0.05, 0.1) is 17.1 Å². The lowest BCUT2D eigenvalue weighted by molar-refractivity contribution is -0.136. The Labute approximate surface area is 143 Å². The topological polar surface area (TPSA) is 72.6 Å². The van der Waals surface area contributed by atoms with Gasteiger partial charge in [-0.2, -0.15) is 0 Å². The van der Waals surface area contributed by atoms with Crippen LogP contribution in [0.5, 0.6) is 5.75 Å². The number of hydrogen-bond acceptors (Lipinski definition) is 4. The van der Waals surface area contributed by atoms with Gasteiger partial charge in [0, 0.05) is 17.9 Å². The molecule has 124 valence electrons. The van der Waals surface area contributed by atoms with Crippen LogP contribution >= 0.6 is 11.6 Å². The Balaban J connectivity index is 1.85. The van der Waals surface area contributed by atoms with Gasteiger partial charge in [0.25, 0.3) is 0 Å². The van der Waals surface area contributed by atoms with Crippen LogP contribution in [0.25, 0.3) is 11.0 Å². The van der Waals surface area contributed by atoms with E-state index in [-0.39, 0.29) is 12.5 Å². The molecule has 0 radical (unpaired) electrons. The molecule has 1 N–H and O–H groups in total. The minimum atomic E-state index is -0.881. The van der Waals surface area contributed by atoms with Crippen LogP contribution in [0.2, 0.25) is 5.02 Å². The molecule has 5 nitrogen and oxygen atoms in total. The van der Waals surface area contributed by atoms with Gasteiger partial charge in [0.2, 0.25) is 0 Å². The Kier molecular flexibility index (Phi) is 4.71. The van der Waals surface area contributed by atoms with E-state index in [1.54, 1.807) is 12.1 Å². The van der Waals surface area contributed by atoms with Gasteiger partial charge in [-0.25, -0.2) is 0 Å². The van der Waals surface area contributed by atoms with Crippen LogP contribution in [0.4, 0.5) is 0 Å². The molecule has 2 aromatic carbocycles. The van der Waals surface area contributed by atoms with Crippen molar-refractivity contribution in [3.63, 3.8) is 0 Å². The number of nitrogens with zero attached hydrogens (tertiary/aromatic N) is 1. The van der Waals surface area contributed by atoms with E-state index in [0.29, 0.717) is 33.9 Å². The second kappa shape index (κ2) is 6.93. The second-order valence-electron chi connectivity index (χ2n) is 5.47. The van der Waals surface area contributed by atoms with E-state index in [4.69, 9.17) is 26.0 Å². The van der Waals surface area contributed by atoms with Crippen LogP contribution in [0.3, 0.4) is 0 Å². The van der Waals surface area contributed by atoms with Crippen molar-refractivity contribution >= 4 is 28.5 Å². The second-order valence-corrected chi connectivity index (χ2v) is 5.88. The molecule has 1 atom stereocenters. The summed E-state index contributed by atoms with van der Waals surface area (Å²) in [5.74, 6) is -0.379.